The van der Waals surface area contributed by atoms with E-state index in [0.29, 0.717) is 21.6 Å². The smallest absolute Gasteiger partial charge is 0.138 e. The van der Waals surface area contributed by atoms with E-state index >= 15 is 0 Å². The van der Waals surface area contributed by atoms with Gasteiger partial charge in [-0.2, -0.15) is 0 Å². The maximum Gasteiger partial charge on any atom is 0.138 e. The highest BCUT2D eigenvalue weighted by atomic mass is 79.9. The normalized spacial score (nSPS) is 10.7. The van der Waals surface area contributed by atoms with Crippen molar-refractivity contribution in [2.75, 3.05) is 0 Å². The standard InChI is InChI=1S/C20H12BrFN4/c21-20-18(16-9-3-4-11-24-16)17(13-6-5-10-23-12-13)19(25-26-20)14-7-1-2-8-15(14)22/h1-12H. The molecule has 0 spiro atoms. The number of hydrogen-bond acceptors (Lipinski definition) is 4. The third kappa shape index (κ3) is 2.99. The van der Waals surface area contributed by atoms with Crippen molar-refractivity contribution < 1.29 is 4.39 Å². The lowest BCUT2D eigenvalue weighted by atomic mass is 9.95. The summed E-state index contributed by atoms with van der Waals surface area (Å²) in [6.07, 6.45) is 5.12. The van der Waals surface area contributed by atoms with E-state index in [0.717, 1.165) is 16.7 Å². The molecule has 0 saturated carbocycles. The van der Waals surface area contributed by atoms with Gasteiger partial charge < -0.3 is 0 Å². The van der Waals surface area contributed by atoms with Crippen molar-refractivity contribution in [2.45, 2.75) is 0 Å². The van der Waals surface area contributed by atoms with Crippen LogP contribution in [-0.4, -0.2) is 20.2 Å². The highest BCUT2D eigenvalue weighted by Gasteiger charge is 2.22. The lowest BCUT2D eigenvalue weighted by molar-refractivity contribution is 0.630. The van der Waals surface area contributed by atoms with Crippen molar-refractivity contribution in [3.63, 3.8) is 0 Å². The number of hydrogen-bond donors (Lipinski definition) is 0. The Morgan fingerprint density at radius 2 is 1.65 bits per heavy atom. The summed E-state index contributed by atoms with van der Waals surface area (Å²) in [5, 5.41) is 8.48. The van der Waals surface area contributed by atoms with E-state index in [4.69, 9.17) is 0 Å². The van der Waals surface area contributed by atoms with Crippen molar-refractivity contribution in [1.82, 2.24) is 20.2 Å². The molecule has 0 N–H and O–H groups in total. The summed E-state index contributed by atoms with van der Waals surface area (Å²) in [7, 11) is 0. The molecule has 1 aromatic carbocycles. The van der Waals surface area contributed by atoms with Crippen LogP contribution >= 0.6 is 15.9 Å². The molecule has 0 atom stereocenters. The number of halogens is 2. The first kappa shape index (κ1) is 16.5. The zero-order chi connectivity index (χ0) is 17.9. The Labute approximate surface area is 157 Å². The van der Waals surface area contributed by atoms with E-state index in [1.807, 2.05) is 30.3 Å². The summed E-state index contributed by atoms with van der Waals surface area (Å²) in [6, 6.07) is 15.9. The van der Waals surface area contributed by atoms with Gasteiger partial charge in [0.1, 0.15) is 16.1 Å². The summed E-state index contributed by atoms with van der Waals surface area (Å²) in [5.41, 5.74) is 3.81. The summed E-state index contributed by atoms with van der Waals surface area (Å²) < 4.78 is 15.0. The molecule has 4 aromatic rings. The second-order valence-corrected chi connectivity index (χ2v) is 6.28. The highest BCUT2D eigenvalue weighted by molar-refractivity contribution is 9.10. The van der Waals surface area contributed by atoms with E-state index < -0.39 is 0 Å². The van der Waals surface area contributed by atoms with Crippen LogP contribution in [0.15, 0.2) is 77.8 Å². The first-order valence-electron chi connectivity index (χ1n) is 7.88. The molecule has 6 heteroatoms. The monoisotopic (exact) mass is 406 g/mol. The van der Waals surface area contributed by atoms with Gasteiger partial charge in [-0.25, -0.2) is 4.39 Å². The molecule has 4 nitrogen and oxygen atoms in total. The van der Waals surface area contributed by atoms with Crippen molar-refractivity contribution in [3.05, 3.63) is 83.6 Å². The van der Waals surface area contributed by atoms with Gasteiger partial charge in [0.2, 0.25) is 0 Å². The first-order chi connectivity index (χ1) is 12.8. The minimum Gasteiger partial charge on any atom is -0.264 e. The fourth-order valence-corrected chi connectivity index (χ4v) is 3.27. The summed E-state index contributed by atoms with van der Waals surface area (Å²) in [4.78, 5) is 8.65. The van der Waals surface area contributed by atoms with Crippen LogP contribution in [0.4, 0.5) is 4.39 Å². The Kier molecular flexibility index (Phi) is 4.50. The summed E-state index contributed by atoms with van der Waals surface area (Å²) >= 11 is 3.48. The van der Waals surface area contributed by atoms with Crippen LogP contribution in [0.2, 0.25) is 0 Å². The highest BCUT2D eigenvalue weighted by Crippen LogP contribution is 2.41. The summed E-state index contributed by atoms with van der Waals surface area (Å²) in [5.74, 6) is -0.360. The molecule has 0 bridgehead atoms. The Bertz CT molecular complexity index is 1060. The van der Waals surface area contributed by atoms with Crippen molar-refractivity contribution in [3.8, 4) is 33.6 Å². The molecule has 0 amide bonds. The van der Waals surface area contributed by atoms with Gasteiger partial charge in [0.25, 0.3) is 0 Å². The van der Waals surface area contributed by atoms with Crippen molar-refractivity contribution >= 4 is 15.9 Å². The van der Waals surface area contributed by atoms with Crippen LogP contribution in [0.1, 0.15) is 0 Å². The van der Waals surface area contributed by atoms with Crippen LogP contribution in [-0.2, 0) is 0 Å². The largest absolute Gasteiger partial charge is 0.264 e. The first-order valence-corrected chi connectivity index (χ1v) is 8.68. The molecule has 0 unspecified atom stereocenters. The average molecular weight is 407 g/mol. The predicted molar refractivity (Wildman–Crippen MR) is 102 cm³/mol. The molecule has 0 aliphatic heterocycles. The van der Waals surface area contributed by atoms with Crippen LogP contribution in [0.5, 0.6) is 0 Å². The quantitative estimate of drug-likeness (QED) is 0.470. The fourth-order valence-electron chi connectivity index (χ4n) is 2.79. The summed E-state index contributed by atoms with van der Waals surface area (Å²) in [6.45, 7) is 0. The van der Waals surface area contributed by atoms with Gasteiger partial charge in [-0.3, -0.25) is 9.97 Å². The molecule has 3 aromatic heterocycles. The average Bonchev–Trinajstić information content (AvgIpc) is 2.70. The van der Waals surface area contributed by atoms with E-state index in [2.05, 4.69) is 36.1 Å². The molecule has 0 fully saturated rings. The van der Waals surface area contributed by atoms with Crippen molar-refractivity contribution in [2.24, 2.45) is 0 Å². The Hall–Kier alpha value is -2.99. The maximum absolute atomic E-state index is 14.5. The number of aromatic nitrogens is 4. The minimum absolute atomic E-state index is 0.360. The van der Waals surface area contributed by atoms with Crippen molar-refractivity contribution in [1.29, 1.82) is 0 Å². The number of rotatable bonds is 3. The SMILES string of the molecule is Fc1ccccc1-c1nnc(Br)c(-c2ccccn2)c1-c1cccnc1. The molecule has 0 saturated heterocycles. The predicted octanol–water partition coefficient (Wildman–Crippen LogP) is 5.17. The molecule has 126 valence electrons. The Balaban J connectivity index is 2.10. The maximum atomic E-state index is 14.5. The van der Waals surface area contributed by atoms with Crippen LogP contribution in [0, 0.1) is 5.82 Å². The lowest BCUT2D eigenvalue weighted by Gasteiger charge is -2.15. The lowest BCUT2D eigenvalue weighted by Crippen LogP contribution is -2.00. The van der Waals surface area contributed by atoms with Gasteiger partial charge >= 0.3 is 0 Å². The van der Waals surface area contributed by atoms with E-state index in [1.165, 1.54) is 6.07 Å². The third-order valence-electron chi connectivity index (χ3n) is 3.93. The Morgan fingerprint density at radius 3 is 2.38 bits per heavy atom. The molecule has 3 heterocycles. The number of pyridine rings is 2. The molecule has 0 aliphatic carbocycles. The van der Waals surface area contributed by atoms with Gasteiger partial charge in [0.15, 0.2) is 0 Å². The van der Waals surface area contributed by atoms with Gasteiger partial charge in [-0.15, -0.1) is 10.2 Å². The number of nitrogens with zero attached hydrogens (tertiary/aromatic N) is 4. The minimum atomic E-state index is -0.360. The van der Waals surface area contributed by atoms with Crippen LogP contribution < -0.4 is 0 Å². The molecular weight excluding hydrogens is 395 g/mol. The van der Waals surface area contributed by atoms with Crippen LogP contribution in [0.3, 0.4) is 0 Å². The second-order valence-electron chi connectivity index (χ2n) is 5.53. The zero-order valence-corrected chi connectivity index (χ0v) is 15.1. The second kappa shape index (κ2) is 7.09. The van der Waals surface area contributed by atoms with Gasteiger partial charge in [-0.1, -0.05) is 24.3 Å². The van der Waals surface area contributed by atoms with Gasteiger partial charge in [0, 0.05) is 40.8 Å². The zero-order valence-electron chi connectivity index (χ0n) is 13.5. The number of benzene rings is 1. The van der Waals surface area contributed by atoms with E-state index in [1.54, 1.807) is 36.8 Å². The van der Waals surface area contributed by atoms with E-state index in [-0.39, 0.29) is 5.82 Å². The molecule has 0 radical (unpaired) electrons. The molecule has 0 aliphatic rings. The Morgan fingerprint density at radius 1 is 0.808 bits per heavy atom. The van der Waals surface area contributed by atoms with E-state index in [9.17, 15) is 4.39 Å². The van der Waals surface area contributed by atoms with Gasteiger partial charge in [-0.05, 0) is 46.3 Å². The molecule has 26 heavy (non-hydrogen) atoms. The fraction of sp³-hybridized carbons (Fsp3) is 0. The van der Waals surface area contributed by atoms with Crippen LogP contribution in [0.25, 0.3) is 33.6 Å². The molecular formula is C20H12BrFN4. The molecule has 4 rings (SSSR count). The topological polar surface area (TPSA) is 51.6 Å². The third-order valence-corrected chi connectivity index (χ3v) is 4.49. The van der Waals surface area contributed by atoms with Gasteiger partial charge in [0.05, 0.1) is 5.69 Å².